The van der Waals surface area contributed by atoms with Crippen LogP contribution in [0.3, 0.4) is 0 Å². The Morgan fingerprint density at radius 3 is 2.61 bits per heavy atom. The molecule has 0 radical (unpaired) electrons. The fraction of sp³-hybridized carbons (Fsp3) is 0.348. The highest BCUT2D eigenvalue weighted by atomic mass is 16.5. The highest BCUT2D eigenvalue weighted by molar-refractivity contribution is 5.87. The Morgan fingerprint density at radius 2 is 1.86 bits per heavy atom. The van der Waals surface area contributed by atoms with Crippen molar-refractivity contribution < 1.29 is 14.3 Å². The second-order valence-corrected chi connectivity index (χ2v) is 7.34. The van der Waals surface area contributed by atoms with E-state index in [1.165, 1.54) is 6.42 Å². The number of benzene rings is 2. The highest BCUT2D eigenvalue weighted by Gasteiger charge is 2.21. The van der Waals surface area contributed by atoms with Crippen LogP contribution >= 0.6 is 0 Å². The van der Waals surface area contributed by atoms with Crippen LogP contribution in [0, 0.1) is 6.92 Å². The van der Waals surface area contributed by atoms with E-state index in [1.54, 1.807) is 26.2 Å². The van der Waals surface area contributed by atoms with Crippen molar-refractivity contribution in [3.63, 3.8) is 0 Å². The Kier molecular flexibility index (Phi) is 5.09. The minimum absolute atomic E-state index is 0.108. The lowest BCUT2D eigenvalue weighted by Gasteiger charge is -2.27. The maximum absolute atomic E-state index is 13.4. The van der Waals surface area contributed by atoms with Gasteiger partial charge in [-0.1, -0.05) is 24.6 Å². The summed E-state index contributed by atoms with van der Waals surface area (Å²) in [6.45, 7) is 4.37. The van der Waals surface area contributed by atoms with E-state index in [4.69, 9.17) is 9.15 Å². The first-order chi connectivity index (χ1) is 13.6. The third-order valence-corrected chi connectivity index (χ3v) is 5.52. The number of rotatable bonds is 4. The van der Waals surface area contributed by atoms with Crippen LogP contribution in [-0.2, 0) is 6.54 Å². The molecule has 0 spiro atoms. The van der Waals surface area contributed by atoms with E-state index in [9.17, 15) is 9.90 Å². The number of fused-ring (bicyclic) bond motifs is 1. The third-order valence-electron chi connectivity index (χ3n) is 5.52. The number of phenolic OH excluding ortho intramolecular Hbond substituents is 1. The molecule has 5 heteroatoms. The van der Waals surface area contributed by atoms with E-state index in [-0.39, 0.29) is 11.2 Å². The average Bonchev–Trinajstić information content (AvgIpc) is 2.71. The van der Waals surface area contributed by atoms with Gasteiger partial charge in [-0.3, -0.25) is 9.69 Å². The van der Waals surface area contributed by atoms with E-state index in [2.05, 4.69) is 4.90 Å². The Hall–Kier alpha value is -2.79. The second-order valence-electron chi connectivity index (χ2n) is 7.34. The third kappa shape index (κ3) is 3.27. The van der Waals surface area contributed by atoms with Crippen molar-refractivity contribution >= 4 is 11.0 Å². The molecule has 0 bridgehead atoms. The summed E-state index contributed by atoms with van der Waals surface area (Å²) in [5.41, 5.74) is 2.27. The van der Waals surface area contributed by atoms with Crippen molar-refractivity contribution in [2.45, 2.75) is 32.7 Å². The number of piperidine rings is 1. The lowest BCUT2D eigenvalue weighted by atomic mass is 9.99. The number of hydrogen-bond acceptors (Lipinski definition) is 5. The maximum atomic E-state index is 13.4. The first-order valence-electron chi connectivity index (χ1n) is 9.74. The van der Waals surface area contributed by atoms with Crippen molar-refractivity contribution in [1.29, 1.82) is 0 Å². The number of hydrogen-bond donors (Lipinski definition) is 1. The van der Waals surface area contributed by atoms with E-state index < -0.39 is 0 Å². The maximum Gasteiger partial charge on any atom is 0.200 e. The fourth-order valence-corrected chi connectivity index (χ4v) is 4.07. The van der Waals surface area contributed by atoms with E-state index >= 15 is 0 Å². The molecule has 0 aliphatic carbocycles. The topological polar surface area (TPSA) is 62.9 Å². The molecule has 1 aromatic heterocycles. The molecule has 1 aliphatic rings. The molecule has 2 aromatic carbocycles. The summed E-state index contributed by atoms with van der Waals surface area (Å²) >= 11 is 0. The summed E-state index contributed by atoms with van der Waals surface area (Å²) in [5, 5.41) is 11.0. The lowest BCUT2D eigenvalue weighted by Crippen LogP contribution is -2.29. The molecule has 0 saturated carbocycles. The molecule has 0 amide bonds. The van der Waals surface area contributed by atoms with Crippen molar-refractivity contribution in [3.05, 3.63) is 57.9 Å². The molecule has 146 valence electrons. The molecule has 1 aliphatic heterocycles. The average molecular weight is 379 g/mol. The number of aromatic hydroxyl groups is 1. The zero-order chi connectivity index (χ0) is 19.7. The van der Waals surface area contributed by atoms with Crippen molar-refractivity contribution in [2.75, 3.05) is 20.2 Å². The first kappa shape index (κ1) is 18.6. The van der Waals surface area contributed by atoms with Gasteiger partial charge in [0.25, 0.3) is 0 Å². The predicted molar refractivity (Wildman–Crippen MR) is 110 cm³/mol. The molecule has 4 rings (SSSR count). The van der Waals surface area contributed by atoms with Gasteiger partial charge in [-0.25, -0.2) is 0 Å². The minimum Gasteiger partial charge on any atom is -0.507 e. The summed E-state index contributed by atoms with van der Waals surface area (Å²) in [7, 11) is 1.59. The molecule has 0 unspecified atom stereocenters. The largest absolute Gasteiger partial charge is 0.507 e. The molecular formula is C23H25NO4. The molecule has 5 nitrogen and oxygen atoms in total. The van der Waals surface area contributed by atoms with Gasteiger partial charge < -0.3 is 14.3 Å². The van der Waals surface area contributed by atoms with Crippen LogP contribution in [0.5, 0.6) is 11.5 Å². The van der Waals surface area contributed by atoms with Crippen LogP contribution in [0.15, 0.2) is 45.6 Å². The molecular weight excluding hydrogens is 354 g/mol. The summed E-state index contributed by atoms with van der Waals surface area (Å²) in [6, 6.07) is 10.7. The van der Waals surface area contributed by atoms with Crippen LogP contribution in [-0.4, -0.2) is 30.2 Å². The standard InChI is InChI=1S/C23H25NO4/c1-15-21(16-8-4-5-9-20(16)27-2)22(26)17-10-11-19(25)18(23(17)28-15)14-24-12-6-3-7-13-24/h4-5,8-11,25H,3,6-7,12-14H2,1-2H3. The van der Waals surface area contributed by atoms with Crippen LogP contribution in [0.1, 0.15) is 30.6 Å². The quantitative estimate of drug-likeness (QED) is 0.725. The van der Waals surface area contributed by atoms with Gasteiger partial charge in [-0.05, 0) is 51.1 Å². The van der Waals surface area contributed by atoms with Gasteiger partial charge in [-0.2, -0.15) is 0 Å². The highest BCUT2D eigenvalue weighted by Crippen LogP contribution is 2.34. The smallest absolute Gasteiger partial charge is 0.200 e. The molecule has 1 N–H and O–H groups in total. The van der Waals surface area contributed by atoms with E-state index in [0.717, 1.165) is 25.9 Å². The van der Waals surface area contributed by atoms with Gasteiger partial charge >= 0.3 is 0 Å². The summed E-state index contributed by atoms with van der Waals surface area (Å²) in [5.74, 6) is 1.32. The van der Waals surface area contributed by atoms with E-state index in [0.29, 0.717) is 45.7 Å². The second kappa shape index (κ2) is 7.68. The summed E-state index contributed by atoms with van der Waals surface area (Å²) < 4.78 is 11.6. The molecule has 1 saturated heterocycles. The van der Waals surface area contributed by atoms with Gasteiger partial charge in [0, 0.05) is 12.1 Å². The van der Waals surface area contributed by atoms with Crippen molar-refractivity contribution in [2.24, 2.45) is 0 Å². The zero-order valence-corrected chi connectivity index (χ0v) is 16.3. The van der Waals surface area contributed by atoms with Crippen molar-refractivity contribution in [1.82, 2.24) is 4.90 Å². The van der Waals surface area contributed by atoms with Gasteiger partial charge in [0.05, 0.1) is 23.6 Å². The SMILES string of the molecule is COc1ccccc1-c1c(C)oc2c(CN3CCCCC3)c(O)ccc2c1=O. The molecule has 3 aromatic rings. The zero-order valence-electron chi connectivity index (χ0n) is 16.3. The monoisotopic (exact) mass is 379 g/mol. The van der Waals surface area contributed by atoms with E-state index in [1.807, 2.05) is 24.3 Å². The first-order valence-corrected chi connectivity index (χ1v) is 9.74. The van der Waals surface area contributed by atoms with Gasteiger partial charge in [-0.15, -0.1) is 0 Å². The van der Waals surface area contributed by atoms with Crippen LogP contribution in [0.4, 0.5) is 0 Å². The normalized spacial score (nSPS) is 15.1. The Bertz CT molecular complexity index is 1060. The molecule has 2 heterocycles. The van der Waals surface area contributed by atoms with Crippen LogP contribution in [0.2, 0.25) is 0 Å². The Balaban J connectivity index is 1.88. The number of methoxy groups -OCH3 is 1. The number of ether oxygens (including phenoxy) is 1. The van der Waals surface area contributed by atoms with Gasteiger partial charge in [0.2, 0.25) is 5.43 Å². The Morgan fingerprint density at radius 1 is 1.11 bits per heavy atom. The molecule has 28 heavy (non-hydrogen) atoms. The number of aryl methyl sites for hydroxylation is 1. The number of likely N-dealkylation sites (tertiary alicyclic amines) is 1. The minimum atomic E-state index is -0.108. The summed E-state index contributed by atoms with van der Waals surface area (Å²) in [6.07, 6.45) is 3.56. The number of para-hydroxylation sites is 1. The fourth-order valence-electron chi connectivity index (χ4n) is 4.07. The number of nitrogens with zero attached hydrogens (tertiary/aromatic N) is 1. The summed E-state index contributed by atoms with van der Waals surface area (Å²) in [4.78, 5) is 15.7. The van der Waals surface area contributed by atoms with Gasteiger partial charge in [0.15, 0.2) is 0 Å². The van der Waals surface area contributed by atoms with Crippen molar-refractivity contribution in [3.8, 4) is 22.6 Å². The lowest BCUT2D eigenvalue weighted by molar-refractivity contribution is 0.218. The number of phenols is 1. The van der Waals surface area contributed by atoms with Crippen LogP contribution in [0.25, 0.3) is 22.1 Å². The van der Waals surface area contributed by atoms with Gasteiger partial charge in [0.1, 0.15) is 22.8 Å². The predicted octanol–water partition coefficient (Wildman–Crippen LogP) is 4.47. The molecule has 1 fully saturated rings. The van der Waals surface area contributed by atoms with Crippen LogP contribution < -0.4 is 10.2 Å². The Labute approximate surface area is 164 Å². The molecule has 0 atom stereocenters.